The number of aryl methyl sites for hydroxylation is 1. The van der Waals surface area contributed by atoms with Gasteiger partial charge in [-0.05, 0) is 32.9 Å². The van der Waals surface area contributed by atoms with Crippen molar-refractivity contribution in [2.75, 3.05) is 32.7 Å². The molecule has 0 aliphatic carbocycles. The lowest BCUT2D eigenvalue weighted by molar-refractivity contribution is 0.232. The van der Waals surface area contributed by atoms with Gasteiger partial charge in [0.05, 0.1) is 0 Å². The average Bonchev–Trinajstić information content (AvgIpc) is 2.91. The van der Waals surface area contributed by atoms with Gasteiger partial charge in [-0.25, -0.2) is 4.99 Å². The highest BCUT2D eigenvalue weighted by Gasteiger charge is 2.09. The average molecular weight is 422 g/mol. The zero-order valence-corrected chi connectivity index (χ0v) is 15.8. The van der Waals surface area contributed by atoms with Gasteiger partial charge in [-0.15, -0.1) is 24.0 Å². The second kappa shape index (κ2) is 10.8. The summed E-state index contributed by atoms with van der Waals surface area (Å²) in [6.07, 6.45) is 4.02. The highest BCUT2D eigenvalue weighted by atomic mass is 127. The van der Waals surface area contributed by atoms with Crippen molar-refractivity contribution in [3.05, 3.63) is 11.7 Å². The molecule has 22 heavy (non-hydrogen) atoms. The third-order valence-corrected chi connectivity index (χ3v) is 3.46. The van der Waals surface area contributed by atoms with Crippen LogP contribution >= 0.6 is 24.0 Å². The first kappa shape index (κ1) is 19.1. The highest BCUT2D eigenvalue weighted by molar-refractivity contribution is 14.0. The lowest BCUT2D eigenvalue weighted by Crippen LogP contribution is -2.42. The number of likely N-dealkylation sites (tertiary alicyclic amines) is 1. The maximum Gasteiger partial charge on any atom is 0.223 e. The van der Waals surface area contributed by atoms with Crippen LogP contribution in [0.25, 0.3) is 0 Å². The summed E-state index contributed by atoms with van der Waals surface area (Å²) in [5.74, 6) is 1.99. The normalized spacial score (nSPS) is 16.2. The van der Waals surface area contributed by atoms with Gasteiger partial charge in [0.2, 0.25) is 5.89 Å². The topological polar surface area (TPSA) is 78.6 Å². The van der Waals surface area contributed by atoms with Gasteiger partial charge >= 0.3 is 0 Å². The van der Waals surface area contributed by atoms with Crippen molar-refractivity contribution in [2.45, 2.75) is 39.7 Å². The number of aromatic nitrogens is 2. The maximum atomic E-state index is 4.94. The van der Waals surface area contributed by atoms with Crippen LogP contribution in [0.2, 0.25) is 0 Å². The Labute approximate surface area is 149 Å². The van der Waals surface area contributed by atoms with E-state index in [2.05, 4.69) is 37.6 Å². The molecule has 1 aromatic rings. The molecule has 1 aliphatic rings. The van der Waals surface area contributed by atoms with Crippen molar-refractivity contribution in [3.8, 4) is 0 Å². The van der Waals surface area contributed by atoms with Gasteiger partial charge in [-0.2, -0.15) is 4.98 Å². The van der Waals surface area contributed by atoms with Crippen molar-refractivity contribution >= 4 is 29.9 Å². The Hall–Kier alpha value is -0.900. The van der Waals surface area contributed by atoms with Gasteiger partial charge in [0.1, 0.15) is 6.54 Å². The van der Waals surface area contributed by atoms with E-state index in [-0.39, 0.29) is 24.0 Å². The lowest BCUT2D eigenvalue weighted by Gasteiger charge is -2.26. The number of nitrogens with one attached hydrogen (secondary N) is 2. The molecule has 0 aromatic carbocycles. The Morgan fingerprint density at radius 1 is 1.27 bits per heavy atom. The minimum Gasteiger partial charge on any atom is -0.357 e. The number of aliphatic imine (C=N–C) groups is 1. The number of rotatable bonds is 6. The van der Waals surface area contributed by atoms with Crippen LogP contribution in [-0.4, -0.2) is 53.7 Å². The van der Waals surface area contributed by atoms with Gasteiger partial charge in [0.25, 0.3) is 0 Å². The Morgan fingerprint density at radius 3 is 2.68 bits per heavy atom. The Kier molecular flexibility index (Phi) is 9.37. The van der Waals surface area contributed by atoms with Crippen LogP contribution in [0.3, 0.4) is 0 Å². The molecule has 1 aromatic heterocycles. The Bertz CT molecular complexity index is 444. The molecule has 0 spiro atoms. The molecule has 2 rings (SSSR count). The van der Waals surface area contributed by atoms with Crippen LogP contribution in [0.15, 0.2) is 9.52 Å². The third kappa shape index (κ3) is 6.91. The van der Waals surface area contributed by atoms with Gasteiger partial charge in [-0.3, -0.25) is 0 Å². The third-order valence-electron chi connectivity index (χ3n) is 3.46. The number of guanidine groups is 1. The Balaban J connectivity index is 0.00000242. The molecule has 7 nitrogen and oxygen atoms in total. The van der Waals surface area contributed by atoms with Crippen LogP contribution < -0.4 is 10.6 Å². The molecule has 0 bridgehead atoms. The van der Waals surface area contributed by atoms with E-state index < -0.39 is 0 Å². The first-order valence-corrected chi connectivity index (χ1v) is 7.81. The summed E-state index contributed by atoms with van der Waals surface area (Å²) in [6, 6.07) is 0. The number of hydrogen-bond acceptors (Lipinski definition) is 5. The number of piperidine rings is 1. The fourth-order valence-electron chi connectivity index (χ4n) is 2.41. The lowest BCUT2D eigenvalue weighted by atomic mass is 10.1. The molecule has 2 N–H and O–H groups in total. The van der Waals surface area contributed by atoms with Gasteiger partial charge in [0, 0.05) is 26.6 Å². The molecule has 8 heteroatoms. The van der Waals surface area contributed by atoms with Crippen LogP contribution in [0.5, 0.6) is 0 Å². The predicted molar refractivity (Wildman–Crippen MR) is 97.6 cm³/mol. The summed E-state index contributed by atoms with van der Waals surface area (Å²) in [7, 11) is 0. The summed E-state index contributed by atoms with van der Waals surface area (Å²) < 4.78 is 4.94. The highest BCUT2D eigenvalue weighted by Crippen LogP contribution is 2.07. The minimum atomic E-state index is 0. The van der Waals surface area contributed by atoms with E-state index in [4.69, 9.17) is 4.52 Å². The maximum absolute atomic E-state index is 4.94. The number of halogens is 1. The van der Waals surface area contributed by atoms with Crippen LogP contribution in [0.4, 0.5) is 0 Å². The zero-order valence-electron chi connectivity index (χ0n) is 13.5. The zero-order chi connectivity index (χ0) is 14.9. The van der Waals surface area contributed by atoms with Gasteiger partial charge in [0.15, 0.2) is 11.8 Å². The number of nitrogens with zero attached hydrogens (tertiary/aromatic N) is 4. The molecule has 1 aliphatic heterocycles. The minimum absolute atomic E-state index is 0. The number of hydrogen-bond donors (Lipinski definition) is 2. The molecule has 0 unspecified atom stereocenters. The molecule has 0 radical (unpaired) electrons. The summed E-state index contributed by atoms with van der Waals surface area (Å²) in [6.45, 7) is 9.50. The Morgan fingerprint density at radius 2 is 2.05 bits per heavy atom. The largest absolute Gasteiger partial charge is 0.357 e. The molecule has 1 fully saturated rings. The van der Waals surface area contributed by atoms with E-state index in [1.165, 1.54) is 32.4 Å². The van der Waals surface area contributed by atoms with Crippen LogP contribution in [0, 0.1) is 6.92 Å². The second-order valence-electron chi connectivity index (χ2n) is 5.25. The predicted octanol–water partition coefficient (Wildman–Crippen LogP) is 1.54. The van der Waals surface area contributed by atoms with Crippen molar-refractivity contribution in [1.29, 1.82) is 0 Å². The van der Waals surface area contributed by atoms with Gasteiger partial charge in [-0.1, -0.05) is 11.6 Å². The fraction of sp³-hybridized carbons (Fsp3) is 0.786. The molecular formula is C14H27IN6O. The van der Waals surface area contributed by atoms with Crippen LogP contribution in [-0.2, 0) is 6.54 Å². The standard InChI is InChI=1S/C14H26N6O.HI/c1-3-15-14(17-11-13-18-12(2)21-19-13)16-7-10-20-8-5-4-6-9-20;/h3-11H2,1-2H3,(H2,15,16,17);1H. The molecule has 0 amide bonds. The van der Waals surface area contributed by atoms with Crippen molar-refractivity contribution in [3.63, 3.8) is 0 Å². The van der Waals surface area contributed by atoms with E-state index >= 15 is 0 Å². The van der Waals surface area contributed by atoms with E-state index in [1.54, 1.807) is 6.92 Å². The molecule has 1 saturated heterocycles. The summed E-state index contributed by atoms with van der Waals surface area (Å²) in [5, 5.41) is 10.4. The van der Waals surface area contributed by atoms with E-state index in [1.807, 2.05) is 0 Å². The molecule has 0 saturated carbocycles. The summed E-state index contributed by atoms with van der Waals surface area (Å²) in [5.41, 5.74) is 0. The molecule has 2 heterocycles. The van der Waals surface area contributed by atoms with E-state index in [0.717, 1.165) is 25.6 Å². The van der Waals surface area contributed by atoms with Crippen LogP contribution in [0.1, 0.15) is 37.9 Å². The molecule has 126 valence electrons. The van der Waals surface area contributed by atoms with Crippen molar-refractivity contribution in [2.24, 2.45) is 4.99 Å². The van der Waals surface area contributed by atoms with Crippen molar-refractivity contribution in [1.82, 2.24) is 25.7 Å². The first-order chi connectivity index (χ1) is 10.3. The molecular weight excluding hydrogens is 395 g/mol. The molecule has 0 atom stereocenters. The monoisotopic (exact) mass is 422 g/mol. The summed E-state index contributed by atoms with van der Waals surface area (Å²) in [4.78, 5) is 11.1. The SMILES string of the molecule is CCNC(=NCc1noc(C)n1)NCCN1CCCCC1.I. The quantitative estimate of drug-likeness (QED) is 0.412. The summed E-state index contributed by atoms with van der Waals surface area (Å²) >= 11 is 0. The van der Waals surface area contributed by atoms with Crippen molar-refractivity contribution < 1.29 is 4.52 Å². The fourth-order valence-corrected chi connectivity index (χ4v) is 2.41. The smallest absolute Gasteiger partial charge is 0.223 e. The second-order valence-corrected chi connectivity index (χ2v) is 5.25. The van der Waals surface area contributed by atoms with E-state index in [0.29, 0.717) is 18.3 Å². The first-order valence-electron chi connectivity index (χ1n) is 7.81. The van der Waals surface area contributed by atoms with Gasteiger partial charge < -0.3 is 20.1 Å². The van der Waals surface area contributed by atoms with E-state index in [9.17, 15) is 0 Å².